The second-order valence-corrected chi connectivity index (χ2v) is 10.4. The van der Waals surface area contributed by atoms with Gasteiger partial charge in [-0.2, -0.15) is 0 Å². The van der Waals surface area contributed by atoms with E-state index in [0.717, 1.165) is 23.3 Å². The summed E-state index contributed by atoms with van der Waals surface area (Å²) < 4.78 is 28.2. The number of amides is 1. The highest BCUT2D eigenvalue weighted by Crippen LogP contribution is 2.36. The van der Waals surface area contributed by atoms with E-state index in [1.54, 1.807) is 55.1 Å². The average molecular weight is 453 g/mol. The Labute approximate surface area is 187 Å². The summed E-state index contributed by atoms with van der Waals surface area (Å²) in [5.41, 5.74) is 3.60. The predicted molar refractivity (Wildman–Crippen MR) is 125 cm³/mol. The standard InChI is InChI=1S/C24H24N2O3S2/c1-16-7-8-17(2)23(15-16)31(28,29)26-19-11-9-18(10-12-19)24(27)25-21-13-14-30-22-6-4-3-5-20(21)22/h3-12,15,21,26H,13-14H2,1-2H3,(H,25,27). The lowest BCUT2D eigenvalue weighted by atomic mass is 10.0. The van der Waals surface area contributed by atoms with Crippen molar-refractivity contribution in [2.24, 2.45) is 0 Å². The summed E-state index contributed by atoms with van der Waals surface area (Å²) in [5, 5.41) is 3.11. The first-order chi connectivity index (χ1) is 14.8. The van der Waals surface area contributed by atoms with Crippen LogP contribution < -0.4 is 10.0 Å². The van der Waals surface area contributed by atoms with E-state index in [4.69, 9.17) is 0 Å². The van der Waals surface area contributed by atoms with E-state index in [1.807, 2.05) is 25.1 Å². The molecule has 0 radical (unpaired) electrons. The number of thioether (sulfide) groups is 1. The van der Waals surface area contributed by atoms with Gasteiger partial charge in [-0.1, -0.05) is 30.3 Å². The first-order valence-corrected chi connectivity index (χ1v) is 12.5. The molecule has 2 N–H and O–H groups in total. The van der Waals surface area contributed by atoms with Crippen LogP contribution in [0, 0.1) is 13.8 Å². The van der Waals surface area contributed by atoms with Gasteiger partial charge in [0, 0.05) is 21.9 Å². The van der Waals surface area contributed by atoms with Crippen molar-refractivity contribution in [2.75, 3.05) is 10.5 Å². The molecule has 0 bridgehead atoms. The fourth-order valence-corrected chi connectivity index (χ4v) is 6.14. The summed E-state index contributed by atoms with van der Waals surface area (Å²) in [6, 6.07) is 19.9. The normalized spacial score (nSPS) is 15.7. The molecule has 1 heterocycles. The van der Waals surface area contributed by atoms with E-state index in [1.165, 1.54) is 4.90 Å². The Hall–Kier alpha value is -2.77. The minimum atomic E-state index is -3.71. The van der Waals surface area contributed by atoms with Gasteiger partial charge in [0.15, 0.2) is 0 Å². The van der Waals surface area contributed by atoms with Crippen LogP contribution in [0.2, 0.25) is 0 Å². The maximum Gasteiger partial charge on any atom is 0.262 e. The van der Waals surface area contributed by atoms with E-state index in [2.05, 4.69) is 22.2 Å². The molecule has 7 heteroatoms. The zero-order valence-electron chi connectivity index (χ0n) is 17.4. The molecular formula is C24H24N2O3S2. The Morgan fingerprint density at radius 3 is 2.52 bits per heavy atom. The number of rotatable bonds is 5. The van der Waals surface area contributed by atoms with E-state index in [0.29, 0.717) is 16.8 Å². The molecule has 1 amide bonds. The van der Waals surface area contributed by atoms with E-state index in [-0.39, 0.29) is 16.8 Å². The van der Waals surface area contributed by atoms with Crippen LogP contribution in [-0.4, -0.2) is 20.1 Å². The van der Waals surface area contributed by atoms with Crippen LogP contribution in [0.3, 0.4) is 0 Å². The topological polar surface area (TPSA) is 75.3 Å². The van der Waals surface area contributed by atoms with Crippen molar-refractivity contribution in [3.63, 3.8) is 0 Å². The van der Waals surface area contributed by atoms with Crippen LogP contribution in [0.15, 0.2) is 76.5 Å². The molecule has 0 saturated carbocycles. The van der Waals surface area contributed by atoms with Crippen LogP contribution in [0.1, 0.15) is 39.5 Å². The van der Waals surface area contributed by atoms with Gasteiger partial charge < -0.3 is 5.32 Å². The zero-order chi connectivity index (χ0) is 22.0. The number of benzene rings is 3. The van der Waals surface area contributed by atoms with Gasteiger partial charge in [-0.05, 0) is 73.4 Å². The van der Waals surface area contributed by atoms with Crippen LogP contribution in [0.5, 0.6) is 0 Å². The fraction of sp³-hybridized carbons (Fsp3) is 0.208. The second kappa shape index (κ2) is 8.77. The third-order valence-corrected chi connectivity index (χ3v) is 7.94. The highest BCUT2D eigenvalue weighted by molar-refractivity contribution is 7.99. The predicted octanol–water partition coefficient (Wildman–Crippen LogP) is 5.07. The highest BCUT2D eigenvalue weighted by Gasteiger charge is 2.22. The molecule has 3 aromatic rings. The Balaban J connectivity index is 1.47. The molecule has 0 fully saturated rings. The summed E-state index contributed by atoms with van der Waals surface area (Å²) in [6.45, 7) is 3.62. The molecule has 1 atom stereocenters. The first-order valence-electron chi connectivity index (χ1n) is 10.1. The number of fused-ring (bicyclic) bond motifs is 1. The van der Waals surface area contributed by atoms with E-state index < -0.39 is 10.0 Å². The molecule has 0 saturated heterocycles. The third-order valence-electron chi connectivity index (χ3n) is 5.30. The lowest BCUT2D eigenvalue weighted by Crippen LogP contribution is -2.30. The molecule has 5 nitrogen and oxygen atoms in total. The van der Waals surface area contributed by atoms with Crippen LogP contribution >= 0.6 is 11.8 Å². The quantitative estimate of drug-likeness (QED) is 0.567. The largest absolute Gasteiger partial charge is 0.345 e. The number of hydrogen-bond donors (Lipinski definition) is 2. The van der Waals surface area contributed by atoms with Crippen molar-refractivity contribution in [3.8, 4) is 0 Å². The summed E-state index contributed by atoms with van der Waals surface area (Å²) in [4.78, 5) is 14.2. The summed E-state index contributed by atoms with van der Waals surface area (Å²) in [7, 11) is -3.71. The van der Waals surface area contributed by atoms with Crippen molar-refractivity contribution in [2.45, 2.75) is 36.1 Å². The SMILES string of the molecule is Cc1ccc(C)c(S(=O)(=O)Nc2ccc(C(=O)NC3CCSc4ccccc43)cc2)c1. The molecule has 1 unspecified atom stereocenters. The van der Waals surface area contributed by atoms with Gasteiger partial charge >= 0.3 is 0 Å². The Morgan fingerprint density at radius 1 is 1.00 bits per heavy atom. The number of carbonyl (C=O) groups is 1. The monoisotopic (exact) mass is 452 g/mol. The molecular weight excluding hydrogens is 428 g/mol. The lowest BCUT2D eigenvalue weighted by molar-refractivity contribution is 0.0935. The van der Waals surface area contributed by atoms with Gasteiger partial charge in [0.25, 0.3) is 15.9 Å². The van der Waals surface area contributed by atoms with Crippen molar-refractivity contribution >= 4 is 33.4 Å². The minimum absolute atomic E-state index is 0.0209. The van der Waals surface area contributed by atoms with Gasteiger partial charge in [0.05, 0.1) is 10.9 Å². The van der Waals surface area contributed by atoms with Gasteiger partial charge in [-0.15, -0.1) is 11.8 Å². The number of hydrogen-bond acceptors (Lipinski definition) is 4. The Kier molecular flexibility index (Phi) is 6.07. The summed E-state index contributed by atoms with van der Waals surface area (Å²) >= 11 is 1.81. The maximum atomic E-state index is 12.8. The Bertz CT molecular complexity index is 1220. The number of nitrogens with one attached hydrogen (secondary N) is 2. The third kappa shape index (κ3) is 4.78. The van der Waals surface area contributed by atoms with Crippen LogP contribution in [0.4, 0.5) is 5.69 Å². The molecule has 0 spiro atoms. The summed E-state index contributed by atoms with van der Waals surface area (Å²) in [5.74, 6) is 0.789. The molecule has 3 aromatic carbocycles. The summed E-state index contributed by atoms with van der Waals surface area (Å²) in [6.07, 6.45) is 0.876. The van der Waals surface area contributed by atoms with Crippen LogP contribution in [-0.2, 0) is 10.0 Å². The smallest absolute Gasteiger partial charge is 0.262 e. The number of aryl methyl sites for hydroxylation is 2. The molecule has 1 aliphatic rings. The van der Waals surface area contributed by atoms with Gasteiger partial charge in [-0.25, -0.2) is 8.42 Å². The number of anilines is 1. The Morgan fingerprint density at radius 2 is 1.74 bits per heavy atom. The van der Waals surface area contributed by atoms with Crippen LogP contribution in [0.25, 0.3) is 0 Å². The highest BCUT2D eigenvalue weighted by atomic mass is 32.2. The van der Waals surface area contributed by atoms with Crippen molar-refractivity contribution in [1.82, 2.24) is 5.32 Å². The molecule has 4 rings (SSSR count). The second-order valence-electron chi connectivity index (χ2n) is 7.65. The molecule has 160 valence electrons. The first kappa shape index (κ1) is 21.5. The number of sulfonamides is 1. The molecule has 0 aliphatic carbocycles. The van der Waals surface area contributed by atoms with E-state index in [9.17, 15) is 13.2 Å². The zero-order valence-corrected chi connectivity index (χ0v) is 19.0. The average Bonchev–Trinajstić information content (AvgIpc) is 2.76. The maximum absolute atomic E-state index is 12.8. The van der Waals surface area contributed by atoms with Crippen molar-refractivity contribution in [1.29, 1.82) is 0 Å². The lowest BCUT2D eigenvalue weighted by Gasteiger charge is -2.25. The molecule has 31 heavy (non-hydrogen) atoms. The minimum Gasteiger partial charge on any atom is -0.345 e. The van der Waals surface area contributed by atoms with E-state index >= 15 is 0 Å². The fourth-order valence-electron chi connectivity index (χ4n) is 3.63. The number of carbonyl (C=O) groups excluding carboxylic acids is 1. The van der Waals surface area contributed by atoms with Gasteiger partial charge in [0.2, 0.25) is 0 Å². The van der Waals surface area contributed by atoms with Gasteiger partial charge in [-0.3, -0.25) is 9.52 Å². The van der Waals surface area contributed by atoms with Crippen molar-refractivity contribution in [3.05, 3.63) is 89.0 Å². The molecule has 0 aromatic heterocycles. The van der Waals surface area contributed by atoms with Crippen molar-refractivity contribution < 1.29 is 13.2 Å². The molecule has 1 aliphatic heterocycles. The van der Waals surface area contributed by atoms with Gasteiger partial charge in [0.1, 0.15) is 0 Å².